The largest absolute Gasteiger partial charge is 0.462 e. The lowest BCUT2D eigenvalue weighted by atomic mass is 10.2. The summed E-state index contributed by atoms with van der Waals surface area (Å²) >= 11 is 0. The number of anilines is 1. The molecule has 1 aromatic carbocycles. The maximum absolute atomic E-state index is 12.4. The van der Waals surface area contributed by atoms with E-state index >= 15 is 0 Å². The van der Waals surface area contributed by atoms with Gasteiger partial charge in [-0.05, 0) is 44.0 Å². The molecule has 6 nitrogen and oxygen atoms in total. The first-order chi connectivity index (χ1) is 10.6. The highest BCUT2D eigenvalue weighted by atomic mass is 16.5. The van der Waals surface area contributed by atoms with E-state index in [2.05, 4.69) is 5.32 Å². The monoisotopic (exact) mass is 302 g/mol. The van der Waals surface area contributed by atoms with Crippen LogP contribution in [0.25, 0.3) is 0 Å². The second kappa shape index (κ2) is 5.88. The molecule has 1 atom stereocenters. The van der Waals surface area contributed by atoms with Crippen molar-refractivity contribution in [1.29, 1.82) is 0 Å². The van der Waals surface area contributed by atoms with Crippen LogP contribution in [0.4, 0.5) is 5.69 Å². The number of nitrogens with zero attached hydrogens (tertiary/aromatic N) is 1. The molecule has 0 bridgehead atoms. The molecule has 116 valence electrons. The molecule has 3 rings (SSSR count). The van der Waals surface area contributed by atoms with Crippen LogP contribution in [-0.2, 0) is 14.3 Å². The van der Waals surface area contributed by atoms with Gasteiger partial charge in [-0.2, -0.15) is 0 Å². The van der Waals surface area contributed by atoms with E-state index in [9.17, 15) is 14.4 Å². The number of benzene rings is 1. The molecule has 6 heteroatoms. The third kappa shape index (κ3) is 2.87. The number of rotatable bonds is 5. The van der Waals surface area contributed by atoms with Gasteiger partial charge in [-0.3, -0.25) is 9.59 Å². The summed E-state index contributed by atoms with van der Waals surface area (Å²) in [6, 6.07) is 6.27. The van der Waals surface area contributed by atoms with Gasteiger partial charge in [0.15, 0.2) is 0 Å². The Labute approximate surface area is 128 Å². The molecule has 1 N–H and O–H groups in total. The van der Waals surface area contributed by atoms with Gasteiger partial charge in [-0.25, -0.2) is 9.69 Å². The summed E-state index contributed by atoms with van der Waals surface area (Å²) in [5.74, 6) is -0.853. The van der Waals surface area contributed by atoms with E-state index in [1.54, 1.807) is 31.2 Å². The molecule has 2 fully saturated rings. The summed E-state index contributed by atoms with van der Waals surface area (Å²) in [5.41, 5.74) is 0.889. The SMILES string of the molecule is CCOC(=O)c1ccc(N2C(=O)CC(NC3CC3)C2=O)cc1. The number of amides is 2. The van der Waals surface area contributed by atoms with E-state index < -0.39 is 12.0 Å². The van der Waals surface area contributed by atoms with Gasteiger partial charge in [0.2, 0.25) is 5.91 Å². The van der Waals surface area contributed by atoms with E-state index in [-0.39, 0.29) is 18.2 Å². The van der Waals surface area contributed by atoms with Gasteiger partial charge >= 0.3 is 5.97 Å². The number of hydrogen-bond acceptors (Lipinski definition) is 5. The molecular weight excluding hydrogens is 284 g/mol. The fourth-order valence-electron chi connectivity index (χ4n) is 2.53. The van der Waals surface area contributed by atoms with Crippen molar-refractivity contribution in [2.24, 2.45) is 0 Å². The minimum absolute atomic E-state index is 0.189. The van der Waals surface area contributed by atoms with E-state index in [0.29, 0.717) is 23.9 Å². The minimum atomic E-state index is -0.426. The van der Waals surface area contributed by atoms with Gasteiger partial charge in [0.1, 0.15) is 0 Å². The molecule has 0 spiro atoms. The predicted octanol–water partition coefficient (Wildman–Crippen LogP) is 1.25. The average Bonchev–Trinajstić information content (AvgIpc) is 3.27. The van der Waals surface area contributed by atoms with Crippen molar-refractivity contribution in [3.05, 3.63) is 29.8 Å². The summed E-state index contributed by atoms with van der Waals surface area (Å²) < 4.78 is 4.91. The standard InChI is InChI=1S/C16H18N2O4/c1-2-22-16(21)10-3-7-12(8-4-10)18-14(19)9-13(15(18)20)17-11-5-6-11/h3-4,7-8,11,13,17H,2,5-6,9H2,1H3. The van der Waals surface area contributed by atoms with Crippen LogP contribution in [0, 0.1) is 0 Å². The normalized spacial score (nSPS) is 21.3. The number of carbonyl (C=O) groups excluding carboxylic acids is 3. The fraction of sp³-hybridized carbons (Fsp3) is 0.438. The summed E-state index contributed by atoms with van der Waals surface area (Å²) in [5, 5.41) is 3.19. The van der Waals surface area contributed by atoms with Crippen LogP contribution in [-0.4, -0.2) is 36.5 Å². The molecule has 0 aromatic heterocycles. The first kappa shape index (κ1) is 14.7. The molecule has 22 heavy (non-hydrogen) atoms. The summed E-state index contributed by atoms with van der Waals surface area (Å²) in [6.45, 7) is 2.04. The molecule has 0 radical (unpaired) electrons. The Morgan fingerprint density at radius 1 is 1.27 bits per heavy atom. The van der Waals surface area contributed by atoms with Crippen molar-refractivity contribution < 1.29 is 19.1 Å². The Bertz CT molecular complexity index is 607. The van der Waals surface area contributed by atoms with Crippen LogP contribution in [0.1, 0.15) is 36.5 Å². The molecule has 1 unspecified atom stereocenters. The predicted molar refractivity (Wildman–Crippen MR) is 79.5 cm³/mol. The van der Waals surface area contributed by atoms with E-state index in [0.717, 1.165) is 12.8 Å². The third-order valence-electron chi connectivity index (χ3n) is 3.80. The van der Waals surface area contributed by atoms with Crippen molar-refractivity contribution in [3.8, 4) is 0 Å². The van der Waals surface area contributed by atoms with E-state index in [4.69, 9.17) is 4.74 Å². The Morgan fingerprint density at radius 3 is 2.55 bits per heavy atom. The van der Waals surface area contributed by atoms with Crippen LogP contribution in [0.15, 0.2) is 24.3 Å². The third-order valence-corrected chi connectivity index (χ3v) is 3.80. The molecule has 1 aliphatic carbocycles. The maximum atomic E-state index is 12.4. The highest BCUT2D eigenvalue weighted by Gasteiger charge is 2.41. The van der Waals surface area contributed by atoms with Crippen molar-refractivity contribution in [2.45, 2.75) is 38.3 Å². The molecule has 2 aliphatic rings. The summed E-state index contributed by atoms with van der Waals surface area (Å²) in [6.07, 6.45) is 2.31. The Hall–Kier alpha value is -2.21. The summed E-state index contributed by atoms with van der Waals surface area (Å²) in [7, 11) is 0. The highest BCUT2D eigenvalue weighted by Crippen LogP contribution is 2.26. The smallest absolute Gasteiger partial charge is 0.338 e. The lowest BCUT2D eigenvalue weighted by molar-refractivity contribution is -0.121. The van der Waals surface area contributed by atoms with E-state index in [1.165, 1.54) is 4.90 Å². The molecule has 1 saturated carbocycles. The first-order valence-corrected chi connectivity index (χ1v) is 7.50. The van der Waals surface area contributed by atoms with Crippen molar-refractivity contribution in [1.82, 2.24) is 5.32 Å². The Balaban J connectivity index is 1.74. The van der Waals surface area contributed by atoms with Crippen molar-refractivity contribution in [3.63, 3.8) is 0 Å². The van der Waals surface area contributed by atoms with Crippen LogP contribution < -0.4 is 10.2 Å². The second-order valence-electron chi connectivity index (χ2n) is 5.53. The Morgan fingerprint density at radius 2 is 1.95 bits per heavy atom. The number of carbonyl (C=O) groups is 3. The van der Waals surface area contributed by atoms with Gasteiger partial charge in [0.05, 0.1) is 30.3 Å². The fourth-order valence-corrected chi connectivity index (χ4v) is 2.53. The van der Waals surface area contributed by atoms with Crippen LogP contribution >= 0.6 is 0 Å². The van der Waals surface area contributed by atoms with Crippen LogP contribution in [0.3, 0.4) is 0 Å². The zero-order valence-electron chi connectivity index (χ0n) is 12.4. The first-order valence-electron chi connectivity index (χ1n) is 7.50. The van der Waals surface area contributed by atoms with Crippen molar-refractivity contribution >= 4 is 23.5 Å². The van der Waals surface area contributed by atoms with Gasteiger partial charge in [-0.15, -0.1) is 0 Å². The Kier molecular flexibility index (Phi) is 3.94. The van der Waals surface area contributed by atoms with Crippen LogP contribution in [0.5, 0.6) is 0 Å². The number of nitrogens with one attached hydrogen (secondary N) is 1. The highest BCUT2D eigenvalue weighted by molar-refractivity contribution is 6.22. The van der Waals surface area contributed by atoms with E-state index in [1.807, 2.05) is 0 Å². The van der Waals surface area contributed by atoms with Gasteiger partial charge in [-0.1, -0.05) is 0 Å². The molecule has 2 amide bonds. The zero-order valence-corrected chi connectivity index (χ0v) is 12.4. The number of esters is 1. The minimum Gasteiger partial charge on any atom is -0.462 e. The maximum Gasteiger partial charge on any atom is 0.338 e. The molecule has 1 saturated heterocycles. The lowest BCUT2D eigenvalue weighted by Gasteiger charge is -2.15. The van der Waals surface area contributed by atoms with Crippen molar-refractivity contribution in [2.75, 3.05) is 11.5 Å². The average molecular weight is 302 g/mol. The zero-order chi connectivity index (χ0) is 15.7. The van der Waals surface area contributed by atoms with Gasteiger partial charge < -0.3 is 10.1 Å². The van der Waals surface area contributed by atoms with Crippen LogP contribution in [0.2, 0.25) is 0 Å². The molecule has 1 heterocycles. The number of imide groups is 1. The quantitative estimate of drug-likeness (QED) is 0.654. The topological polar surface area (TPSA) is 75.7 Å². The van der Waals surface area contributed by atoms with Gasteiger partial charge in [0.25, 0.3) is 5.91 Å². The summed E-state index contributed by atoms with van der Waals surface area (Å²) in [4.78, 5) is 37.2. The number of hydrogen-bond donors (Lipinski definition) is 1. The second-order valence-corrected chi connectivity index (χ2v) is 5.53. The number of ether oxygens (including phenoxy) is 1. The molecular formula is C16H18N2O4. The lowest BCUT2D eigenvalue weighted by Crippen LogP contribution is -2.39. The molecule has 1 aliphatic heterocycles. The van der Waals surface area contributed by atoms with Gasteiger partial charge in [0, 0.05) is 6.04 Å². The molecule has 1 aromatic rings.